The molecule has 4 rings (SSSR count). The van der Waals surface area contributed by atoms with Crippen molar-refractivity contribution in [2.75, 3.05) is 5.01 Å². The number of hydrazone groups is 1. The summed E-state index contributed by atoms with van der Waals surface area (Å²) < 4.78 is 67.8. The van der Waals surface area contributed by atoms with E-state index in [0.29, 0.717) is 5.39 Å². The van der Waals surface area contributed by atoms with E-state index >= 15 is 0 Å². The van der Waals surface area contributed by atoms with Crippen molar-refractivity contribution in [3.8, 4) is 0 Å². The molecule has 36 heavy (non-hydrogen) atoms. The molecule has 0 saturated heterocycles. The van der Waals surface area contributed by atoms with E-state index in [-0.39, 0.29) is 57.1 Å². The van der Waals surface area contributed by atoms with Gasteiger partial charge in [0.25, 0.3) is 16.0 Å². The molecule has 1 aliphatic heterocycles. The Kier molecular flexibility index (Phi) is 8.30. The number of hydrogen-bond acceptors (Lipinski definition) is 9. The van der Waals surface area contributed by atoms with Crippen LogP contribution in [0, 0.1) is 0 Å². The normalized spacial score (nSPS) is 16.5. The minimum Gasteiger partial charge on any atom is -0.744 e. The van der Waals surface area contributed by atoms with Crippen LogP contribution < -0.4 is 34.6 Å². The Labute approximate surface area is 237 Å². The standard InChI is InChI=1S/C20H14Cl2N4O7S2.Na/c1-10-18(20(27)26(25-10)16-8-14(22)17(9-13(16)21)34(28,29)30)24-23-15-7-6-11-4-2-3-5-12(11)19(15)35(31,32)33;/h2-9,18H,1H3,(H,28,29,30)(H,31,32,33);/q;+1/p-1. The summed E-state index contributed by atoms with van der Waals surface area (Å²) in [5, 5.41) is 12.7. The van der Waals surface area contributed by atoms with Crippen molar-refractivity contribution < 1.29 is 60.3 Å². The number of hydrogen-bond donors (Lipinski definition) is 1. The monoisotopic (exact) mass is 578 g/mol. The maximum Gasteiger partial charge on any atom is 1.00 e. The van der Waals surface area contributed by atoms with Crippen LogP contribution in [-0.2, 0) is 25.0 Å². The van der Waals surface area contributed by atoms with Gasteiger partial charge in [0.1, 0.15) is 20.7 Å². The van der Waals surface area contributed by atoms with Gasteiger partial charge in [0.15, 0.2) is 6.04 Å². The Balaban J connectivity index is 0.00000361. The maximum atomic E-state index is 13.0. The molecule has 0 radical (unpaired) electrons. The van der Waals surface area contributed by atoms with Gasteiger partial charge in [-0.1, -0.05) is 53.5 Å². The van der Waals surface area contributed by atoms with Crippen molar-refractivity contribution in [2.45, 2.75) is 22.8 Å². The molecule has 16 heteroatoms. The average molecular weight is 579 g/mol. The maximum absolute atomic E-state index is 13.0. The van der Waals surface area contributed by atoms with Gasteiger partial charge < -0.3 is 4.55 Å². The van der Waals surface area contributed by atoms with E-state index in [2.05, 4.69) is 15.3 Å². The fourth-order valence-corrected chi connectivity index (χ4v) is 5.58. The van der Waals surface area contributed by atoms with Gasteiger partial charge >= 0.3 is 29.6 Å². The Hall–Kier alpha value is -1.94. The number of amides is 1. The molecule has 0 saturated carbocycles. The van der Waals surface area contributed by atoms with Gasteiger partial charge in [0.05, 0.1) is 26.3 Å². The predicted octanol–water partition coefficient (Wildman–Crippen LogP) is 1.18. The molecule has 0 aromatic heterocycles. The van der Waals surface area contributed by atoms with Crippen LogP contribution in [0.15, 0.2) is 73.7 Å². The largest absolute Gasteiger partial charge is 1.00 e. The minimum absolute atomic E-state index is 0. The van der Waals surface area contributed by atoms with Gasteiger partial charge in [-0.05, 0) is 30.5 Å². The molecule has 1 heterocycles. The summed E-state index contributed by atoms with van der Waals surface area (Å²) in [6.45, 7) is 1.46. The first-order chi connectivity index (χ1) is 16.3. The Morgan fingerprint density at radius 1 is 1.06 bits per heavy atom. The summed E-state index contributed by atoms with van der Waals surface area (Å²) in [5.74, 6) is -0.754. The van der Waals surface area contributed by atoms with Crippen LogP contribution in [0.2, 0.25) is 10.0 Å². The summed E-state index contributed by atoms with van der Waals surface area (Å²) in [5.41, 5.74) is -0.146. The van der Waals surface area contributed by atoms with E-state index in [9.17, 15) is 30.7 Å². The third kappa shape index (κ3) is 5.49. The van der Waals surface area contributed by atoms with Gasteiger partial charge in [-0.2, -0.15) is 28.8 Å². The second kappa shape index (κ2) is 10.4. The average Bonchev–Trinajstić information content (AvgIpc) is 3.04. The van der Waals surface area contributed by atoms with Gasteiger partial charge in [-0.15, -0.1) is 0 Å². The molecular weight excluding hydrogens is 566 g/mol. The molecule has 0 fully saturated rings. The fraction of sp³-hybridized carbons (Fsp3) is 0.100. The van der Waals surface area contributed by atoms with Gasteiger partial charge in [-0.25, -0.2) is 8.42 Å². The van der Waals surface area contributed by atoms with E-state index in [1.807, 2.05) is 0 Å². The number of halogens is 2. The Bertz CT molecular complexity index is 1680. The van der Waals surface area contributed by atoms with Crippen molar-refractivity contribution in [1.29, 1.82) is 0 Å². The third-order valence-corrected chi connectivity index (χ3v) is 7.54. The van der Waals surface area contributed by atoms with E-state index in [1.54, 1.807) is 24.3 Å². The van der Waals surface area contributed by atoms with Crippen molar-refractivity contribution in [3.63, 3.8) is 0 Å². The second-order valence-corrected chi connectivity index (χ2v) is 10.8. The number of carbonyl (C=O) groups excluding carboxylic acids is 1. The van der Waals surface area contributed by atoms with Gasteiger partial charge in [-0.3, -0.25) is 9.35 Å². The van der Waals surface area contributed by atoms with Gasteiger partial charge in [0, 0.05) is 5.39 Å². The SMILES string of the molecule is CC1=NN(c2cc(Cl)c(S(=O)(=O)[O-])cc2Cl)C(=O)C1N=Nc1ccc2ccccc2c1S(=O)(=O)O.[Na+]. The van der Waals surface area contributed by atoms with Crippen LogP contribution in [0.1, 0.15) is 6.92 Å². The predicted molar refractivity (Wildman–Crippen MR) is 127 cm³/mol. The summed E-state index contributed by atoms with van der Waals surface area (Å²) in [7, 11) is -9.61. The van der Waals surface area contributed by atoms with E-state index in [0.717, 1.165) is 17.1 Å². The van der Waals surface area contributed by atoms with Crippen LogP contribution in [0.3, 0.4) is 0 Å². The van der Waals surface area contributed by atoms with Crippen molar-refractivity contribution >= 4 is 77.2 Å². The number of fused-ring (bicyclic) bond motifs is 1. The van der Waals surface area contributed by atoms with Crippen LogP contribution in [-0.4, -0.2) is 43.6 Å². The first-order valence-electron chi connectivity index (χ1n) is 9.53. The van der Waals surface area contributed by atoms with Crippen LogP contribution >= 0.6 is 23.2 Å². The number of rotatable bonds is 5. The molecule has 0 bridgehead atoms. The molecule has 0 spiro atoms. The smallest absolute Gasteiger partial charge is 0.744 e. The fourth-order valence-electron chi connectivity index (χ4n) is 3.44. The molecule has 182 valence electrons. The van der Waals surface area contributed by atoms with Crippen molar-refractivity contribution in [2.24, 2.45) is 15.3 Å². The van der Waals surface area contributed by atoms with Crippen LogP contribution in [0.25, 0.3) is 10.8 Å². The van der Waals surface area contributed by atoms with Crippen molar-refractivity contribution in [3.05, 3.63) is 58.6 Å². The molecule has 1 N–H and O–H groups in total. The van der Waals surface area contributed by atoms with Crippen LogP contribution in [0.4, 0.5) is 11.4 Å². The first kappa shape index (κ1) is 28.6. The zero-order chi connectivity index (χ0) is 25.7. The number of carbonyl (C=O) groups is 1. The molecule has 1 unspecified atom stereocenters. The molecular formula is C20H13Cl2N4NaO7S2. The topological polar surface area (TPSA) is 169 Å². The summed E-state index contributed by atoms with van der Waals surface area (Å²) in [4.78, 5) is 11.8. The Morgan fingerprint density at radius 2 is 1.72 bits per heavy atom. The van der Waals surface area contributed by atoms with E-state index < -0.39 is 47.0 Å². The van der Waals surface area contributed by atoms with Crippen LogP contribution in [0.5, 0.6) is 0 Å². The zero-order valence-corrected chi connectivity index (χ0v) is 23.6. The molecule has 0 aliphatic carbocycles. The van der Waals surface area contributed by atoms with Crippen molar-refractivity contribution in [1.82, 2.24) is 0 Å². The number of benzene rings is 3. The molecule has 1 atom stereocenters. The summed E-state index contributed by atoms with van der Waals surface area (Å²) in [6.07, 6.45) is 0. The number of nitrogens with zero attached hydrogens (tertiary/aromatic N) is 4. The molecule has 11 nitrogen and oxygen atoms in total. The van der Waals surface area contributed by atoms with Gasteiger partial charge in [0.2, 0.25) is 0 Å². The zero-order valence-electron chi connectivity index (χ0n) is 18.5. The summed E-state index contributed by atoms with van der Waals surface area (Å²) >= 11 is 12.0. The quantitative estimate of drug-likeness (QED) is 0.269. The molecule has 1 aliphatic rings. The molecule has 1 amide bonds. The summed E-state index contributed by atoms with van der Waals surface area (Å²) in [6, 6.07) is 9.86. The third-order valence-electron chi connectivity index (χ3n) is 4.99. The van der Waals surface area contributed by atoms with E-state index in [4.69, 9.17) is 23.2 Å². The first-order valence-corrected chi connectivity index (χ1v) is 13.1. The number of azo groups is 1. The van der Waals surface area contributed by atoms with E-state index in [1.165, 1.54) is 19.1 Å². The molecule has 3 aromatic rings. The molecule has 3 aromatic carbocycles. The second-order valence-electron chi connectivity index (χ2n) is 7.31. The minimum atomic E-state index is -4.91. The number of anilines is 1. The Morgan fingerprint density at radius 3 is 2.36 bits per heavy atom.